The number of likely N-dealkylation sites (tertiary alicyclic amines) is 1. The molecule has 146 valence electrons. The van der Waals surface area contributed by atoms with Gasteiger partial charge in [-0.1, -0.05) is 13.0 Å². The van der Waals surface area contributed by atoms with Gasteiger partial charge in [-0.25, -0.2) is 8.42 Å². The molecule has 2 aliphatic heterocycles. The Balaban J connectivity index is 1.60. The van der Waals surface area contributed by atoms with Gasteiger partial charge in [0.25, 0.3) is 10.0 Å². The fraction of sp³-hybridized carbons (Fsp3) is 0.722. The molecule has 8 heteroatoms. The average molecular weight is 400 g/mol. The first-order valence-corrected chi connectivity index (χ1v) is 11.8. The summed E-state index contributed by atoms with van der Waals surface area (Å²) in [6.45, 7) is 7.05. The van der Waals surface area contributed by atoms with Crippen LogP contribution in [0.3, 0.4) is 0 Å². The molecule has 0 bridgehead atoms. The minimum atomic E-state index is -3.39. The quantitative estimate of drug-likeness (QED) is 0.762. The fourth-order valence-corrected chi connectivity index (χ4v) is 6.55. The van der Waals surface area contributed by atoms with E-state index in [1.54, 1.807) is 21.8 Å². The van der Waals surface area contributed by atoms with Crippen molar-refractivity contribution in [2.24, 2.45) is 0 Å². The van der Waals surface area contributed by atoms with E-state index in [1.165, 1.54) is 17.8 Å². The molecule has 0 spiro atoms. The molecular weight excluding hydrogens is 370 g/mol. The Morgan fingerprint density at radius 3 is 2.58 bits per heavy atom. The number of hydrogen-bond donors (Lipinski definition) is 0. The van der Waals surface area contributed by atoms with Crippen molar-refractivity contribution in [1.82, 2.24) is 14.1 Å². The smallest absolute Gasteiger partial charge is 0.252 e. The highest BCUT2D eigenvalue weighted by Gasteiger charge is 2.35. The summed E-state index contributed by atoms with van der Waals surface area (Å²) in [4.78, 5) is 17.2. The normalized spacial score (nSPS) is 24.5. The second-order valence-electron chi connectivity index (χ2n) is 7.14. The van der Waals surface area contributed by atoms with Crippen molar-refractivity contribution in [3.63, 3.8) is 0 Å². The highest BCUT2D eigenvalue weighted by Crippen LogP contribution is 2.24. The van der Waals surface area contributed by atoms with Crippen molar-refractivity contribution >= 4 is 27.3 Å². The van der Waals surface area contributed by atoms with Crippen molar-refractivity contribution in [2.75, 3.05) is 32.7 Å². The molecule has 0 aromatic carbocycles. The summed E-state index contributed by atoms with van der Waals surface area (Å²) >= 11 is 1.25. The summed E-state index contributed by atoms with van der Waals surface area (Å²) in [6, 6.07) is 3.59. The lowest BCUT2D eigenvalue weighted by Crippen LogP contribution is -2.57. The maximum absolute atomic E-state index is 13.0. The molecule has 2 atom stereocenters. The molecule has 26 heavy (non-hydrogen) atoms. The molecular formula is C18H29N3O3S2. The topological polar surface area (TPSA) is 60.9 Å². The van der Waals surface area contributed by atoms with Gasteiger partial charge in [0.05, 0.1) is 6.04 Å². The van der Waals surface area contributed by atoms with Gasteiger partial charge in [0.2, 0.25) is 5.91 Å². The molecule has 0 radical (unpaired) electrons. The van der Waals surface area contributed by atoms with Gasteiger partial charge < -0.3 is 4.90 Å². The maximum atomic E-state index is 13.0. The van der Waals surface area contributed by atoms with Gasteiger partial charge in [0, 0.05) is 38.8 Å². The second-order valence-corrected chi connectivity index (χ2v) is 10.3. The largest absolute Gasteiger partial charge is 0.338 e. The number of carbonyl (C=O) groups is 1. The molecule has 1 aromatic heterocycles. The van der Waals surface area contributed by atoms with Crippen molar-refractivity contribution < 1.29 is 13.2 Å². The Kier molecular flexibility index (Phi) is 6.37. The molecule has 6 nitrogen and oxygen atoms in total. The Morgan fingerprint density at radius 2 is 1.96 bits per heavy atom. The zero-order valence-electron chi connectivity index (χ0n) is 15.6. The Hall–Kier alpha value is -0.960. The third kappa shape index (κ3) is 3.98. The van der Waals surface area contributed by atoms with E-state index in [-0.39, 0.29) is 11.9 Å². The van der Waals surface area contributed by atoms with Crippen LogP contribution < -0.4 is 0 Å². The summed E-state index contributed by atoms with van der Waals surface area (Å²) in [6.07, 6.45) is 4.39. The first-order chi connectivity index (χ1) is 12.4. The fourth-order valence-electron chi connectivity index (χ4n) is 3.98. The highest BCUT2D eigenvalue weighted by molar-refractivity contribution is 7.91. The predicted octanol–water partition coefficient (Wildman–Crippen LogP) is 2.23. The standard InChI is InChI=1S/C18H29N3O3S2/c1-3-16-7-4-5-9-21(16)18(22)15(2)19-10-12-20(13-11-19)26(23,24)17-8-6-14-25-17/h6,8,14-16H,3-5,7,9-13H2,1-2H3. The van der Waals surface area contributed by atoms with Crippen LogP contribution in [0.15, 0.2) is 21.7 Å². The number of rotatable bonds is 5. The molecule has 2 fully saturated rings. The van der Waals surface area contributed by atoms with Gasteiger partial charge in [0.15, 0.2) is 0 Å². The third-order valence-corrected chi connectivity index (χ3v) is 8.92. The van der Waals surface area contributed by atoms with Crippen LogP contribution in [0.2, 0.25) is 0 Å². The lowest BCUT2D eigenvalue weighted by atomic mass is 9.99. The summed E-state index contributed by atoms with van der Waals surface area (Å²) in [5, 5.41) is 1.78. The number of amides is 1. The van der Waals surface area contributed by atoms with Crippen LogP contribution in [0.5, 0.6) is 0 Å². The number of sulfonamides is 1. The van der Waals surface area contributed by atoms with Gasteiger partial charge in [-0.3, -0.25) is 9.69 Å². The monoisotopic (exact) mass is 399 g/mol. The van der Waals surface area contributed by atoms with Crippen LogP contribution in [-0.4, -0.2) is 73.2 Å². The highest BCUT2D eigenvalue weighted by atomic mass is 32.2. The van der Waals surface area contributed by atoms with E-state index in [4.69, 9.17) is 0 Å². The number of piperidine rings is 1. The van der Waals surface area contributed by atoms with Crippen molar-refractivity contribution in [3.05, 3.63) is 17.5 Å². The summed E-state index contributed by atoms with van der Waals surface area (Å²) in [5.41, 5.74) is 0. The molecule has 3 heterocycles. The number of carbonyl (C=O) groups excluding carboxylic acids is 1. The summed E-state index contributed by atoms with van der Waals surface area (Å²) in [5.74, 6) is 0.200. The molecule has 2 aliphatic rings. The van der Waals surface area contributed by atoms with E-state index in [0.29, 0.717) is 36.4 Å². The maximum Gasteiger partial charge on any atom is 0.252 e. The number of nitrogens with zero attached hydrogens (tertiary/aromatic N) is 3. The molecule has 1 amide bonds. The molecule has 2 unspecified atom stereocenters. The molecule has 2 saturated heterocycles. The van der Waals surface area contributed by atoms with Crippen LogP contribution in [0.25, 0.3) is 0 Å². The Labute approximate surface area is 160 Å². The Bertz CT molecular complexity index is 697. The van der Waals surface area contributed by atoms with Crippen LogP contribution in [-0.2, 0) is 14.8 Å². The average Bonchev–Trinajstić information content (AvgIpc) is 3.22. The van der Waals surface area contributed by atoms with E-state index >= 15 is 0 Å². The first-order valence-electron chi connectivity index (χ1n) is 9.53. The van der Waals surface area contributed by atoms with Gasteiger partial charge >= 0.3 is 0 Å². The van der Waals surface area contributed by atoms with Crippen molar-refractivity contribution in [3.8, 4) is 0 Å². The second kappa shape index (κ2) is 8.37. The number of thiophene rings is 1. The minimum Gasteiger partial charge on any atom is -0.338 e. The van der Waals surface area contributed by atoms with Crippen LogP contribution in [0, 0.1) is 0 Å². The minimum absolute atomic E-state index is 0.186. The zero-order valence-corrected chi connectivity index (χ0v) is 17.3. The SMILES string of the molecule is CCC1CCCCN1C(=O)C(C)N1CCN(S(=O)(=O)c2cccs2)CC1. The number of piperazine rings is 1. The van der Waals surface area contributed by atoms with Crippen molar-refractivity contribution in [1.29, 1.82) is 0 Å². The van der Waals surface area contributed by atoms with Crippen LogP contribution >= 0.6 is 11.3 Å². The molecule has 3 rings (SSSR count). The van der Waals surface area contributed by atoms with Crippen molar-refractivity contribution in [2.45, 2.75) is 55.8 Å². The first kappa shape index (κ1) is 19.8. The van der Waals surface area contributed by atoms with Gasteiger partial charge in [0.1, 0.15) is 4.21 Å². The molecule has 1 aromatic rings. The lowest BCUT2D eigenvalue weighted by Gasteiger charge is -2.41. The number of hydrogen-bond acceptors (Lipinski definition) is 5. The molecule has 0 aliphatic carbocycles. The molecule has 0 saturated carbocycles. The third-order valence-electron chi connectivity index (χ3n) is 5.65. The zero-order chi connectivity index (χ0) is 18.7. The van der Waals surface area contributed by atoms with Gasteiger partial charge in [-0.15, -0.1) is 11.3 Å². The van der Waals surface area contributed by atoms with E-state index < -0.39 is 10.0 Å². The van der Waals surface area contributed by atoms with E-state index in [2.05, 4.69) is 16.7 Å². The lowest BCUT2D eigenvalue weighted by molar-refractivity contribution is -0.140. The molecule has 0 N–H and O–H groups in total. The van der Waals surface area contributed by atoms with Crippen LogP contribution in [0.1, 0.15) is 39.5 Å². The van der Waals surface area contributed by atoms with E-state index in [0.717, 1.165) is 25.8 Å². The summed E-state index contributed by atoms with van der Waals surface area (Å²) in [7, 11) is -3.39. The van der Waals surface area contributed by atoms with E-state index in [9.17, 15) is 13.2 Å². The van der Waals surface area contributed by atoms with Gasteiger partial charge in [-0.05, 0) is 44.1 Å². The Morgan fingerprint density at radius 1 is 1.23 bits per heavy atom. The van der Waals surface area contributed by atoms with Crippen LogP contribution in [0.4, 0.5) is 0 Å². The summed E-state index contributed by atoms with van der Waals surface area (Å²) < 4.78 is 27.2. The van der Waals surface area contributed by atoms with Gasteiger partial charge in [-0.2, -0.15) is 4.31 Å². The van der Waals surface area contributed by atoms with E-state index in [1.807, 2.05) is 6.92 Å². The predicted molar refractivity (Wildman–Crippen MR) is 104 cm³/mol.